The zero-order valence-corrected chi connectivity index (χ0v) is 24.7. The highest BCUT2D eigenvalue weighted by Crippen LogP contribution is 2.33. The van der Waals surface area contributed by atoms with E-state index in [1.54, 1.807) is 19.1 Å². The second-order valence-electron chi connectivity index (χ2n) is 9.42. The number of halogens is 2. The third-order valence-electron chi connectivity index (χ3n) is 6.43. The molecule has 0 aliphatic heterocycles. The average Bonchev–Trinajstić information content (AvgIpc) is 2.91. The van der Waals surface area contributed by atoms with Gasteiger partial charge in [-0.05, 0) is 63.1 Å². The monoisotopic (exact) mass is 589 g/mol. The molecule has 7 nitrogen and oxygen atoms in total. The van der Waals surface area contributed by atoms with Crippen molar-refractivity contribution in [1.29, 1.82) is 0 Å². The van der Waals surface area contributed by atoms with Gasteiger partial charge in [0.15, 0.2) is 0 Å². The summed E-state index contributed by atoms with van der Waals surface area (Å²) in [6.07, 6.45) is 0.723. The lowest BCUT2D eigenvalue weighted by Crippen LogP contribution is -2.52. The molecule has 3 rings (SSSR count). The van der Waals surface area contributed by atoms with Crippen LogP contribution in [-0.4, -0.2) is 43.8 Å². The lowest BCUT2D eigenvalue weighted by molar-refractivity contribution is -0.139. The summed E-state index contributed by atoms with van der Waals surface area (Å²) in [6, 6.07) is 19.0. The van der Waals surface area contributed by atoms with Crippen molar-refractivity contribution in [2.24, 2.45) is 0 Å². The molecule has 0 aliphatic rings. The fraction of sp³-hybridized carbons (Fsp3) is 0.310. The molecular formula is C29H33Cl2N3O4S. The van der Waals surface area contributed by atoms with Crippen molar-refractivity contribution in [2.45, 2.75) is 57.6 Å². The zero-order chi connectivity index (χ0) is 28.7. The third kappa shape index (κ3) is 7.75. The minimum Gasteiger partial charge on any atom is -0.352 e. The van der Waals surface area contributed by atoms with Crippen molar-refractivity contribution in [3.63, 3.8) is 0 Å². The van der Waals surface area contributed by atoms with Gasteiger partial charge >= 0.3 is 0 Å². The van der Waals surface area contributed by atoms with E-state index in [0.29, 0.717) is 0 Å². The first-order chi connectivity index (χ1) is 18.4. The number of aryl methyl sites for hydroxylation is 1. The Hall–Kier alpha value is -3.07. The number of sulfonamides is 1. The molecule has 39 heavy (non-hydrogen) atoms. The molecule has 0 bridgehead atoms. The maximum absolute atomic E-state index is 13.9. The van der Waals surface area contributed by atoms with Crippen LogP contribution in [0.25, 0.3) is 0 Å². The van der Waals surface area contributed by atoms with Crippen molar-refractivity contribution in [3.05, 3.63) is 94.0 Å². The molecule has 0 radical (unpaired) electrons. The van der Waals surface area contributed by atoms with E-state index in [-0.39, 0.29) is 39.1 Å². The van der Waals surface area contributed by atoms with Crippen LogP contribution < -0.4 is 9.62 Å². The van der Waals surface area contributed by atoms with Gasteiger partial charge in [-0.2, -0.15) is 0 Å². The van der Waals surface area contributed by atoms with Gasteiger partial charge in [-0.15, -0.1) is 0 Å². The summed E-state index contributed by atoms with van der Waals surface area (Å²) < 4.78 is 28.7. The largest absolute Gasteiger partial charge is 0.352 e. The van der Waals surface area contributed by atoms with Crippen molar-refractivity contribution in [1.82, 2.24) is 10.2 Å². The first kappa shape index (κ1) is 30.5. The van der Waals surface area contributed by atoms with Gasteiger partial charge in [-0.3, -0.25) is 13.9 Å². The molecule has 3 aromatic rings. The van der Waals surface area contributed by atoms with Gasteiger partial charge in [0, 0.05) is 17.6 Å². The van der Waals surface area contributed by atoms with Crippen molar-refractivity contribution in [2.75, 3.05) is 10.8 Å². The Bertz CT molecular complexity index is 1400. The SMILES string of the molecule is CC[C@H](C)NC(=O)[C@@H](C)N(Cc1ccccc1)C(=O)CN(c1cc(Cl)ccc1Cl)S(=O)(=O)c1ccc(C)cc1. The molecule has 0 fully saturated rings. The lowest BCUT2D eigenvalue weighted by atomic mass is 10.1. The zero-order valence-electron chi connectivity index (χ0n) is 22.4. The van der Waals surface area contributed by atoms with E-state index in [4.69, 9.17) is 23.2 Å². The van der Waals surface area contributed by atoms with E-state index < -0.39 is 28.5 Å². The second-order valence-corrected chi connectivity index (χ2v) is 12.1. The maximum atomic E-state index is 13.9. The Labute approximate surface area is 240 Å². The van der Waals surface area contributed by atoms with Gasteiger partial charge in [-0.1, -0.05) is 78.2 Å². The molecular weight excluding hydrogens is 557 g/mol. The number of nitrogens with zero attached hydrogens (tertiary/aromatic N) is 2. The lowest BCUT2D eigenvalue weighted by Gasteiger charge is -2.32. The molecule has 0 unspecified atom stereocenters. The molecule has 10 heteroatoms. The van der Waals surface area contributed by atoms with Crippen LogP contribution in [0.1, 0.15) is 38.3 Å². The van der Waals surface area contributed by atoms with Crippen LogP contribution in [-0.2, 0) is 26.2 Å². The molecule has 2 amide bonds. The van der Waals surface area contributed by atoms with E-state index >= 15 is 0 Å². The highest BCUT2D eigenvalue weighted by atomic mass is 35.5. The second kappa shape index (κ2) is 13.3. The van der Waals surface area contributed by atoms with Crippen LogP contribution in [0.2, 0.25) is 10.0 Å². The molecule has 2 atom stereocenters. The standard InChI is InChI=1S/C29H33Cl2N3O4S/c1-5-21(3)32-29(36)22(4)33(18-23-9-7-6-8-10-23)28(35)19-34(27-17-24(30)13-16-26(27)31)39(37,38)25-14-11-20(2)12-15-25/h6-17,21-22H,5,18-19H2,1-4H3,(H,32,36)/t21-,22+/m0/s1. The van der Waals surface area contributed by atoms with Crippen LogP contribution >= 0.6 is 23.2 Å². The van der Waals surface area contributed by atoms with E-state index in [0.717, 1.165) is 21.9 Å². The Morgan fingerprint density at radius 3 is 2.21 bits per heavy atom. The molecule has 1 N–H and O–H groups in total. The molecule has 0 aromatic heterocycles. The van der Waals surface area contributed by atoms with E-state index in [2.05, 4.69) is 5.32 Å². The summed E-state index contributed by atoms with van der Waals surface area (Å²) in [7, 11) is -4.24. The highest BCUT2D eigenvalue weighted by molar-refractivity contribution is 7.92. The number of hydrogen-bond donors (Lipinski definition) is 1. The summed E-state index contributed by atoms with van der Waals surface area (Å²) >= 11 is 12.6. The molecule has 208 valence electrons. The van der Waals surface area contributed by atoms with Crippen LogP contribution in [0.3, 0.4) is 0 Å². The molecule has 0 spiro atoms. The van der Waals surface area contributed by atoms with Crippen molar-refractivity contribution in [3.8, 4) is 0 Å². The number of anilines is 1. The van der Waals surface area contributed by atoms with Gasteiger partial charge in [-0.25, -0.2) is 8.42 Å². The fourth-order valence-electron chi connectivity index (χ4n) is 3.86. The van der Waals surface area contributed by atoms with E-state index in [9.17, 15) is 18.0 Å². The van der Waals surface area contributed by atoms with Crippen LogP contribution in [0, 0.1) is 6.92 Å². The highest BCUT2D eigenvalue weighted by Gasteiger charge is 2.33. The summed E-state index contributed by atoms with van der Waals surface area (Å²) in [4.78, 5) is 28.4. The number of nitrogens with one attached hydrogen (secondary N) is 1. The Morgan fingerprint density at radius 1 is 0.949 bits per heavy atom. The van der Waals surface area contributed by atoms with Crippen LogP contribution in [0.4, 0.5) is 5.69 Å². The van der Waals surface area contributed by atoms with Crippen molar-refractivity contribution < 1.29 is 18.0 Å². The first-order valence-corrected chi connectivity index (χ1v) is 14.8. The molecule has 0 heterocycles. The van der Waals surface area contributed by atoms with Gasteiger partial charge < -0.3 is 10.2 Å². The molecule has 0 aliphatic carbocycles. The smallest absolute Gasteiger partial charge is 0.264 e. The number of benzene rings is 3. The van der Waals surface area contributed by atoms with Crippen LogP contribution in [0.5, 0.6) is 0 Å². The summed E-state index contributed by atoms with van der Waals surface area (Å²) in [5.41, 5.74) is 1.74. The maximum Gasteiger partial charge on any atom is 0.264 e. The summed E-state index contributed by atoms with van der Waals surface area (Å²) in [5, 5.41) is 3.28. The predicted octanol–water partition coefficient (Wildman–Crippen LogP) is 5.83. The Morgan fingerprint density at radius 2 is 1.59 bits per heavy atom. The van der Waals surface area contributed by atoms with Gasteiger partial charge in [0.1, 0.15) is 12.6 Å². The molecule has 0 saturated heterocycles. The average molecular weight is 591 g/mol. The topological polar surface area (TPSA) is 86.8 Å². The van der Waals surface area contributed by atoms with Gasteiger partial charge in [0.05, 0.1) is 15.6 Å². The van der Waals surface area contributed by atoms with E-state index in [1.807, 2.05) is 51.1 Å². The number of amides is 2. The first-order valence-electron chi connectivity index (χ1n) is 12.6. The predicted molar refractivity (Wildman–Crippen MR) is 157 cm³/mol. The minimum atomic E-state index is -4.24. The van der Waals surface area contributed by atoms with E-state index in [1.165, 1.54) is 35.2 Å². The third-order valence-corrected chi connectivity index (χ3v) is 8.76. The summed E-state index contributed by atoms with van der Waals surface area (Å²) in [6.45, 7) is 6.82. The number of rotatable bonds is 11. The summed E-state index contributed by atoms with van der Waals surface area (Å²) in [5.74, 6) is -0.903. The normalized spacial score (nSPS) is 12.9. The fourth-order valence-corrected chi connectivity index (χ4v) is 5.72. The Balaban J connectivity index is 2.05. The van der Waals surface area contributed by atoms with Gasteiger partial charge in [0.25, 0.3) is 10.0 Å². The minimum absolute atomic E-state index is 0.00545. The van der Waals surface area contributed by atoms with Gasteiger partial charge in [0.2, 0.25) is 11.8 Å². The Kier molecular flexibility index (Phi) is 10.4. The number of carbonyl (C=O) groups is 2. The number of hydrogen-bond acceptors (Lipinski definition) is 4. The molecule has 3 aromatic carbocycles. The molecule has 0 saturated carbocycles. The van der Waals surface area contributed by atoms with Crippen LogP contribution in [0.15, 0.2) is 77.7 Å². The van der Waals surface area contributed by atoms with Crippen molar-refractivity contribution >= 4 is 50.7 Å². The quantitative estimate of drug-likeness (QED) is 0.305. The number of carbonyl (C=O) groups excluding carboxylic acids is 2.